The monoisotopic (exact) mass is 168 g/mol. The van der Waals surface area contributed by atoms with Crippen molar-refractivity contribution >= 4 is 0 Å². The Labute approximate surface area is 71.0 Å². The largest absolute Gasteiger partial charge is 0.461 e. The maximum Gasteiger partial charge on any atom is 0.135 e. The van der Waals surface area contributed by atoms with Crippen molar-refractivity contribution in [2.45, 2.75) is 25.0 Å². The molecule has 1 aromatic rings. The zero-order valence-electron chi connectivity index (χ0n) is 7.04. The summed E-state index contributed by atoms with van der Waals surface area (Å²) in [5.74, 6) is 1.45. The smallest absolute Gasteiger partial charge is 0.135 e. The van der Waals surface area contributed by atoms with Crippen molar-refractivity contribution in [1.82, 2.24) is 0 Å². The molecule has 3 heteroatoms. The highest BCUT2D eigenvalue weighted by atomic mass is 16.5. The molecule has 0 spiro atoms. The Morgan fingerprint density at radius 3 is 2.92 bits per heavy atom. The molecule has 0 radical (unpaired) electrons. The second-order valence-electron chi connectivity index (χ2n) is 3.23. The van der Waals surface area contributed by atoms with E-state index in [-0.39, 0.29) is 0 Å². The van der Waals surface area contributed by atoms with E-state index in [4.69, 9.17) is 9.15 Å². The van der Waals surface area contributed by atoms with Gasteiger partial charge in [0, 0.05) is 7.11 Å². The van der Waals surface area contributed by atoms with Crippen LogP contribution in [0.5, 0.6) is 0 Å². The van der Waals surface area contributed by atoms with Crippen LogP contribution in [0.25, 0.3) is 0 Å². The Morgan fingerprint density at radius 1 is 1.58 bits per heavy atom. The molecule has 1 N–H and O–H groups in total. The SMILES string of the molecule is COCc1ccc(C2(O)CC2)o1. The van der Waals surface area contributed by atoms with E-state index in [0.29, 0.717) is 12.4 Å². The van der Waals surface area contributed by atoms with Crippen LogP contribution in [0.15, 0.2) is 16.5 Å². The lowest BCUT2D eigenvalue weighted by molar-refractivity contribution is 0.111. The molecule has 2 rings (SSSR count). The molecular formula is C9H12O3. The van der Waals surface area contributed by atoms with Gasteiger partial charge in [0.05, 0.1) is 0 Å². The zero-order chi connectivity index (χ0) is 8.60. The molecular weight excluding hydrogens is 156 g/mol. The molecule has 1 aromatic heterocycles. The lowest BCUT2D eigenvalue weighted by Gasteiger charge is -2.01. The van der Waals surface area contributed by atoms with E-state index in [0.717, 1.165) is 18.6 Å². The fourth-order valence-electron chi connectivity index (χ4n) is 1.21. The third-order valence-corrected chi connectivity index (χ3v) is 2.13. The van der Waals surface area contributed by atoms with E-state index in [2.05, 4.69) is 0 Å². The van der Waals surface area contributed by atoms with Gasteiger partial charge in [-0.15, -0.1) is 0 Å². The number of rotatable bonds is 3. The second-order valence-corrected chi connectivity index (χ2v) is 3.23. The highest BCUT2D eigenvalue weighted by Crippen LogP contribution is 2.45. The molecule has 0 bridgehead atoms. The van der Waals surface area contributed by atoms with Gasteiger partial charge in [0.25, 0.3) is 0 Å². The van der Waals surface area contributed by atoms with Gasteiger partial charge in [0.2, 0.25) is 0 Å². The molecule has 1 saturated carbocycles. The fourth-order valence-corrected chi connectivity index (χ4v) is 1.21. The average Bonchev–Trinajstić information content (AvgIpc) is 2.64. The van der Waals surface area contributed by atoms with Crippen LogP contribution in [0.3, 0.4) is 0 Å². The van der Waals surface area contributed by atoms with Crippen molar-refractivity contribution < 1.29 is 14.3 Å². The van der Waals surface area contributed by atoms with Crippen molar-refractivity contribution in [3.63, 3.8) is 0 Å². The molecule has 1 heterocycles. The highest BCUT2D eigenvalue weighted by molar-refractivity contribution is 5.19. The number of hydrogen-bond acceptors (Lipinski definition) is 3. The van der Waals surface area contributed by atoms with Crippen LogP contribution in [0.1, 0.15) is 24.4 Å². The molecule has 0 aromatic carbocycles. The average molecular weight is 168 g/mol. The first-order valence-corrected chi connectivity index (χ1v) is 4.05. The van der Waals surface area contributed by atoms with Crippen LogP contribution in [-0.4, -0.2) is 12.2 Å². The summed E-state index contributed by atoms with van der Waals surface area (Å²) in [5, 5.41) is 9.65. The van der Waals surface area contributed by atoms with Crippen molar-refractivity contribution in [2.24, 2.45) is 0 Å². The van der Waals surface area contributed by atoms with Gasteiger partial charge in [-0.3, -0.25) is 0 Å². The molecule has 1 aliphatic carbocycles. The molecule has 0 saturated heterocycles. The van der Waals surface area contributed by atoms with E-state index in [1.54, 1.807) is 7.11 Å². The number of hydrogen-bond donors (Lipinski definition) is 1. The number of methoxy groups -OCH3 is 1. The second kappa shape index (κ2) is 2.61. The van der Waals surface area contributed by atoms with Crippen molar-refractivity contribution in [3.8, 4) is 0 Å². The molecule has 0 unspecified atom stereocenters. The van der Waals surface area contributed by atoms with Gasteiger partial charge < -0.3 is 14.3 Å². The summed E-state index contributed by atoms with van der Waals surface area (Å²) in [6.07, 6.45) is 1.62. The van der Waals surface area contributed by atoms with E-state index >= 15 is 0 Å². The predicted molar refractivity (Wildman–Crippen MR) is 42.6 cm³/mol. The molecule has 1 aliphatic rings. The highest BCUT2D eigenvalue weighted by Gasteiger charge is 2.45. The Hall–Kier alpha value is -0.800. The summed E-state index contributed by atoms with van der Waals surface area (Å²) < 4.78 is 10.3. The molecule has 66 valence electrons. The predicted octanol–water partition coefficient (Wildman–Crippen LogP) is 1.41. The van der Waals surface area contributed by atoms with E-state index in [1.165, 1.54) is 0 Å². The van der Waals surface area contributed by atoms with Gasteiger partial charge in [-0.25, -0.2) is 0 Å². The van der Waals surface area contributed by atoms with Gasteiger partial charge in [-0.2, -0.15) is 0 Å². The fraction of sp³-hybridized carbons (Fsp3) is 0.556. The van der Waals surface area contributed by atoms with Crippen LogP contribution in [0.4, 0.5) is 0 Å². The van der Waals surface area contributed by atoms with Crippen LogP contribution in [0.2, 0.25) is 0 Å². The minimum atomic E-state index is -0.661. The lowest BCUT2D eigenvalue weighted by atomic mass is 10.2. The maximum atomic E-state index is 9.65. The Bertz CT molecular complexity index is 273. The van der Waals surface area contributed by atoms with Gasteiger partial charge in [-0.1, -0.05) is 0 Å². The van der Waals surface area contributed by atoms with Gasteiger partial charge in [0.15, 0.2) is 0 Å². The quantitative estimate of drug-likeness (QED) is 0.742. The van der Waals surface area contributed by atoms with Crippen LogP contribution in [0, 0.1) is 0 Å². The molecule has 12 heavy (non-hydrogen) atoms. The minimum Gasteiger partial charge on any atom is -0.461 e. The van der Waals surface area contributed by atoms with Gasteiger partial charge in [0.1, 0.15) is 23.7 Å². The topological polar surface area (TPSA) is 42.6 Å². The summed E-state index contributed by atoms with van der Waals surface area (Å²) in [6.45, 7) is 0.468. The number of furan rings is 1. The summed E-state index contributed by atoms with van der Waals surface area (Å²) in [7, 11) is 1.62. The Balaban J connectivity index is 2.13. The number of aliphatic hydroxyl groups is 1. The standard InChI is InChI=1S/C9H12O3/c1-11-6-7-2-3-8(12-7)9(10)4-5-9/h2-3,10H,4-6H2,1H3. The molecule has 0 atom stereocenters. The van der Waals surface area contributed by atoms with Gasteiger partial charge >= 0.3 is 0 Å². The summed E-state index contributed by atoms with van der Waals surface area (Å²) in [5.41, 5.74) is -0.661. The summed E-state index contributed by atoms with van der Waals surface area (Å²) >= 11 is 0. The maximum absolute atomic E-state index is 9.65. The first-order valence-electron chi connectivity index (χ1n) is 4.05. The third kappa shape index (κ3) is 1.26. The molecule has 0 aliphatic heterocycles. The zero-order valence-corrected chi connectivity index (χ0v) is 7.04. The lowest BCUT2D eigenvalue weighted by Crippen LogP contribution is -2.01. The van der Waals surface area contributed by atoms with E-state index < -0.39 is 5.60 Å². The first-order chi connectivity index (χ1) is 5.74. The van der Waals surface area contributed by atoms with Crippen molar-refractivity contribution in [1.29, 1.82) is 0 Å². The Morgan fingerprint density at radius 2 is 2.33 bits per heavy atom. The Kier molecular flexibility index (Phi) is 1.70. The van der Waals surface area contributed by atoms with E-state index in [9.17, 15) is 5.11 Å². The first kappa shape index (κ1) is 7.83. The molecule has 1 fully saturated rings. The third-order valence-electron chi connectivity index (χ3n) is 2.13. The molecule has 0 amide bonds. The van der Waals surface area contributed by atoms with Crippen molar-refractivity contribution in [2.75, 3.05) is 7.11 Å². The number of ether oxygens (including phenoxy) is 1. The van der Waals surface area contributed by atoms with Crippen LogP contribution in [-0.2, 0) is 16.9 Å². The minimum absolute atomic E-state index is 0.468. The van der Waals surface area contributed by atoms with Crippen molar-refractivity contribution in [3.05, 3.63) is 23.7 Å². The summed E-state index contributed by atoms with van der Waals surface area (Å²) in [4.78, 5) is 0. The normalized spacial score (nSPS) is 19.5. The van der Waals surface area contributed by atoms with Crippen LogP contribution < -0.4 is 0 Å². The molecule has 3 nitrogen and oxygen atoms in total. The van der Waals surface area contributed by atoms with Crippen LogP contribution >= 0.6 is 0 Å². The van der Waals surface area contributed by atoms with E-state index in [1.807, 2.05) is 12.1 Å². The summed E-state index contributed by atoms with van der Waals surface area (Å²) in [6, 6.07) is 3.66. The van der Waals surface area contributed by atoms with Gasteiger partial charge in [-0.05, 0) is 25.0 Å².